The maximum absolute atomic E-state index is 10.9. The lowest BCUT2D eigenvalue weighted by Gasteiger charge is -2.44. The van der Waals surface area contributed by atoms with Crippen LogP contribution in [0.4, 0.5) is 0 Å². The molecule has 3 heteroatoms. The molecule has 2 aliphatic carbocycles. The van der Waals surface area contributed by atoms with Crippen LogP contribution in [0.15, 0.2) is 0 Å². The van der Waals surface area contributed by atoms with E-state index in [2.05, 4.69) is 0 Å². The lowest BCUT2D eigenvalue weighted by molar-refractivity contribution is -0.165. The van der Waals surface area contributed by atoms with Gasteiger partial charge in [0.1, 0.15) is 0 Å². The Bertz CT molecular complexity index is 244. The zero-order chi connectivity index (χ0) is 10.9. The summed E-state index contributed by atoms with van der Waals surface area (Å²) in [4.78, 5) is 10.9. The normalized spacial score (nSPS) is 28.9. The highest BCUT2D eigenvalue weighted by atomic mass is 16.4. The van der Waals surface area contributed by atoms with Crippen molar-refractivity contribution in [3.8, 4) is 0 Å². The van der Waals surface area contributed by atoms with E-state index in [4.69, 9.17) is 5.11 Å². The average molecular weight is 212 g/mol. The van der Waals surface area contributed by atoms with E-state index in [1.165, 1.54) is 32.1 Å². The van der Waals surface area contributed by atoms with Crippen molar-refractivity contribution in [2.45, 2.75) is 63.4 Å². The molecule has 2 rings (SSSR count). The van der Waals surface area contributed by atoms with Gasteiger partial charge in [-0.25, -0.2) is 4.79 Å². The molecule has 0 aromatic rings. The van der Waals surface area contributed by atoms with E-state index in [-0.39, 0.29) is 0 Å². The molecule has 0 amide bonds. The summed E-state index contributed by atoms with van der Waals surface area (Å²) < 4.78 is 0. The fraction of sp³-hybridized carbons (Fsp3) is 0.917. The summed E-state index contributed by atoms with van der Waals surface area (Å²) in [5.41, 5.74) is -1.05. The van der Waals surface area contributed by atoms with Gasteiger partial charge in [0.25, 0.3) is 0 Å². The molecule has 0 heterocycles. The molecule has 2 saturated carbocycles. The fourth-order valence-corrected chi connectivity index (χ4v) is 3.21. The van der Waals surface area contributed by atoms with Gasteiger partial charge in [0.15, 0.2) is 5.60 Å². The SMILES string of the molecule is O=C(O)C1(O)CCC2(CCCCC2)CC1. The summed E-state index contributed by atoms with van der Waals surface area (Å²) in [6.45, 7) is 0. The number of carboxylic acid groups (broad SMARTS) is 1. The van der Waals surface area contributed by atoms with Crippen LogP contribution in [-0.4, -0.2) is 21.8 Å². The van der Waals surface area contributed by atoms with Crippen LogP contribution in [0.5, 0.6) is 0 Å². The summed E-state index contributed by atoms with van der Waals surface area (Å²) in [6, 6.07) is 0. The number of aliphatic carboxylic acids is 1. The standard InChI is InChI=1S/C12H20O3/c13-10(14)12(15)8-6-11(7-9-12)4-2-1-3-5-11/h15H,1-9H2,(H,13,14). The summed E-state index contributed by atoms with van der Waals surface area (Å²) in [6.07, 6.45) is 9.06. The van der Waals surface area contributed by atoms with Gasteiger partial charge in [-0.3, -0.25) is 0 Å². The lowest BCUT2D eigenvalue weighted by atomic mass is 9.62. The number of rotatable bonds is 1. The predicted molar refractivity (Wildman–Crippen MR) is 56.6 cm³/mol. The summed E-state index contributed by atoms with van der Waals surface area (Å²) in [5.74, 6) is -1.03. The minimum Gasteiger partial charge on any atom is -0.479 e. The zero-order valence-electron chi connectivity index (χ0n) is 9.17. The lowest BCUT2D eigenvalue weighted by Crippen LogP contribution is -2.45. The Morgan fingerprint density at radius 2 is 1.40 bits per heavy atom. The van der Waals surface area contributed by atoms with Crippen molar-refractivity contribution in [3.05, 3.63) is 0 Å². The highest BCUT2D eigenvalue weighted by molar-refractivity contribution is 5.77. The second-order valence-electron chi connectivity index (χ2n) is 5.40. The number of hydrogen-bond donors (Lipinski definition) is 2. The molecule has 86 valence electrons. The first kappa shape index (κ1) is 10.9. The largest absolute Gasteiger partial charge is 0.479 e. The fourth-order valence-electron chi connectivity index (χ4n) is 3.21. The highest BCUT2D eigenvalue weighted by Crippen LogP contribution is 2.49. The van der Waals surface area contributed by atoms with Crippen LogP contribution in [0.1, 0.15) is 57.8 Å². The van der Waals surface area contributed by atoms with E-state index in [1.807, 2.05) is 0 Å². The van der Waals surface area contributed by atoms with Crippen LogP contribution in [0.3, 0.4) is 0 Å². The van der Waals surface area contributed by atoms with Gasteiger partial charge in [0, 0.05) is 0 Å². The molecule has 0 saturated heterocycles. The van der Waals surface area contributed by atoms with Crippen molar-refractivity contribution in [2.24, 2.45) is 5.41 Å². The number of hydrogen-bond acceptors (Lipinski definition) is 2. The smallest absolute Gasteiger partial charge is 0.335 e. The Kier molecular flexibility index (Phi) is 2.75. The van der Waals surface area contributed by atoms with Crippen molar-refractivity contribution in [3.63, 3.8) is 0 Å². The number of carbonyl (C=O) groups is 1. The molecular formula is C12H20O3. The van der Waals surface area contributed by atoms with Gasteiger partial charge in [-0.1, -0.05) is 19.3 Å². The Labute approximate surface area is 90.5 Å². The Morgan fingerprint density at radius 3 is 1.87 bits per heavy atom. The molecule has 1 spiro atoms. The average Bonchev–Trinajstić information content (AvgIpc) is 2.24. The second-order valence-corrected chi connectivity index (χ2v) is 5.40. The molecule has 0 aromatic carbocycles. The summed E-state index contributed by atoms with van der Waals surface area (Å²) in [5, 5.41) is 18.8. The quantitative estimate of drug-likeness (QED) is 0.701. The van der Waals surface area contributed by atoms with Crippen LogP contribution < -0.4 is 0 Å². The van der Waals surface area contributed by atoms with Crippen LogP contribution in [0.2, 0.25) is 0 Å². The van der Waals surface area contributed by atoms with E-state index >= 15 is 0 Å². The summed E-state index contributed by atoms with van der Waals surface area (Å²) >= 11 is 0. The van der Waals surface area contributed by atoms with Gasteiger partial charge in [0.05, 0.1) is 0 Å². The molecule has 3 nitrogen and oxygen atoms in total. The van der Waals surface area contributed by atoms with Crippen LogP contribution >= 0.6 is 0 Å². The van der Waals surface area contributed by atoms with Crippen molar-refractivity contribution >= 4 is 5.97 Å². The van der Waals surface area contributed by atoms with Crippen molar-refractivity contribution in [2.75, 3.05) is 0 Å². The Morgan fingerprint density at radius 1 is 0.867 bits per heavy atom. The van der Waals surface area contributed by atoms with E-state index < -0.39 is 11.6 Å². The van der Waals surface area contributed by atoms with E-state index in [0.717, 1.165) is 12.8 Å². The molecular weight excluding hydrogens is 192 g/mol. The van der Waals surface area contributed by atoms with E-state index in [1.54, 1.807) is 0 Å². The highest BCUT2D eigenvalue weighted by Gasteiger charge is 2.45. The van der Waals surface area contributed by atoms with Gasteiger partial charge < -0.3 is 10.2 Å². The number of aliphatic hydroxyl groups is 1. The molecule has 2 N–H and O–H groups in total. The molecule has 0 atom stereocenters. The Balaban J connectivity index is 1.99. The van der Waals surface area contributed by atoms with Crippen LogP contribution in [-0.2, 0) is 4.79 Å². The van der Waals surface area contributed by atoms with Gasteiger partial charge in [0.2, 0.25) is 0 Å². The van der Waals surface area contributed by atoms with Gasteiger partial charge in [-0.05, 0) is 43.9 Å². The molecule has 0 aliphatic heterocycles. The molecule has 15 heavy (non-hydrogen) atoms. The number of carboxylic acids is 1. The van der Waals surface area contributed by atoms with E-state index in [9.17, 15) is 9.90 Å². The third kappa shape index (κ3) is 2.03. The zero-order valence-corrected chi connectivity index (χ0v) is 9.17. The van der Waals surface area contributed by atoms with Crippen LogP contribution in [0, 0.1) is 5.41 Å². The molecule has 2 aliphatic rings. The minimum atomic E-state index is -1.43. The van der Waals surface area contributed by atoms with Crippen LogP contribution in [0.25, 0.3) is 0 Å². The first-order valence-corrected chi connectivity index (χ1v) is 6.02. The summed E-state index contributed by atoms with van der Waals surface area (Å²) in [7, 11) is 0. The monoisotopic (exact) mass is 212 g/mol. The van der Waals surface area contributed by atoms with Gasteiger partial charge in [-0.15, -0.1) is 0 Å². The molecule has 0 aromatic heterocycles. The predicted octanol–water partition coefficient (Wildman–Crippen LogP) is 2.33. The molecule has 2 fully saturated rings. The van der Waals surface area contributed by atoms with E-state index in [0.29, 0.717) is 18.3 Å². The Hall–Kier alpha value is -0.570. The second kappa shape index (κ2) is 3.78. The third-order valence-corrected chi connectivity index (χ3v) is 4.45. The van der Waals surface area contributed by atoms with Gasteiger partial charge >= 0.3 is 5.97 Å². The molecule has 0 bridgehead atoms. The van der Waals surface area contributed by atoms with Crippen molar-refractivity contribution in [1.82, 2.24) is 0 Å². The minimum absolute atomic E-state index is 0.375. The van der Waals surface area contributed by atoms with Crippen molar-refractivity contribution < 1.29 is 15.0 Å². The first-order chi connectivity index (χ1) is 7.06. The van der Waals surface area contributed by atoms with Crippen molar-refractivity contribution in [1.29, 1.82) is 0 Å². The molecule has 0 radical (unpaired) electrons. The molecule has 0 unspecified atom stereocenters. The topological polar surface area (TPSA) is 57.5 Å². The maximum atomic E-state index is 10.9. The van der Waals surface area contributed by atoms with Gasteiger partial charge in [-0.2, -0.15) is 0 Å². The maximum Gasteiger partial charge on any atom is 0.335 e. The first-order valence-electron chi connectivity index (χ1n) is 6.02. The third-order valence-electron chi connectivity index (χ3n) is 4.45.